The zero-order valence-electron chi connectivity index (χ0n) is 18.9. The maximum absolute atomic E-state index is 12.3. The van der Waals surface area contributed by atoms with Gasteiger partial charge in [-0.2, -0.15) is 5.10 Å². The molecule has 4 rings (SSSR count). The second kappa shape index (κ2) is 12.2. The first kappa shape index (κ1) is 25.2. The molecule has 0 aliphatic heterocycles. The molecular weight excluding hydrogens is 544 g/mol. The Hall–Kier alpha value is -3.94. The molecule has 0 fully saturated rings. The smallest absolute Gasteiger partial charge is 0.343 e. The van der Waals surface area contributed by atoms with Gasteiger partial charge in [-0.15, -0.1) is 0 Å². The van der Waals surface area contributed by atoms with E-state index in [1.54, 1.807) is 72.8 Å². The molecule has 1 N–H and O–H groups in total. The second-order valence-electron chi connectivity index (χ2n) is 7.60. The van der Waals surface area contributed by atoms with Crippen LogP contribution < -0.4 is 14.9 Å². The van der Waals surface area contributed by atoms with Crippen LogP contribution in [0.4, 0.5) is 0 Å². The van der Waals surface area contributed by atoms with Gasteiger partial charge in [0.25, 0.3) is 5.91 Å². The zero-order chi connectivity index (χ0) is 25.3. The Labute approximate surface area is 221 Å². The van der Waals surface area contributed by atoms with Crippen molar-refractivity contribution in [3.63, 3.8) is 0 Å². The van der Waals surface area contributed by atoms with E-state index in [1.807, 2.05) is 24.3 Å². The molecule has 0 unspecified atom stereocenters. The van der Waals surface area contributed by atoms with Crippen LogP contribution in [0.15, 0.2) is 107 Å². The average molecular weight is 564 g/mol. The van der Waals surface area contributed by atoms with Crippen LogP contribution in [-0.2, 0) is 6.61 Å². The molecule has 0 aliphatic carbocycles. The van der Waals surface area contributed by atoms with Crippen molar-refractivity contribution in [1.82, 2.24) is 5.43 Å². The van der Waals surface area contributed by atoms with Crippen molar-refractivity contribution < 1.29 is 19.1 Å². The molecule has 8 heteroatoms. The molecule has 0 spiro atoms. The highest BCUT2D eigenvalue weighted by Gasteiger charge is 2.08. The fourth-order valence-corrected chi connectivity index (χ4v) is 3.44. The second-order valence-corrected chi connectivity index (χ2v) is 8.96. The third kappa shape index (κ3) is 7.28. The molecule has 4 aromatic carbocycles. The molecule has 0 heterocycles. The Kier molecular flexibility index (Phi) is 8.49. The van der Waals surface area contributed by atoms with E-state index in [4.69, 9.17) is 21.1 Å². The summed E-state index contributed by atoms with van der Waals surface area (Å²) in [4.78, 5) is 24.6. The zero-order valence-corrected chi connectivity index (χ0v) is 21.2. The van der Waals surface area contributed by atoms with Gasteiger partial charge in [0.2, 0.25) is 0 Å². The van der Waals surface area contributed by atoms with E-state index in [9.17, 15) is 9.59 Å². The summed E-state index contributed by atoms with van der Waals surface area (Å²) in [6.07, 6.45) is 1.50. The average Bonchev–Trinajstić information content (AvgIpc) is 2.90. The number of amides is 1. The van der Waals surface area contributed by atoms with Crippen molar-refractivity contribution in [2.75, 3.05) is 0 Å². The quantitative estimate of drug-likeness (QED) is 0.112. The first-order chi connectivity index (χ1) is 17.5. The number of nitrogens with zero attached hydrogens (tertiary/aromatic N) is 1. The molecule has 0 aliphatic rings. The van der Waals surface area contributed by atoms with Crippen LogP contribution in [0.25, 0.3) is 0 Å². The third-order valence-corrected chi connectivity index (χ3v) is 5.77. The van der Waals surface area contributed by atoms with Crippen molar-refractivity contribution in [1.29, 1.82) is 0 Å². The van der Waals surface area contributed by atoms with Gasteiger partial charge in [0, 0.05) is 15.1 Å². The molecule has 0 saturated heterocycles. The lowest BCUT2D eigenvalue weighted by Crippen LogP contribution is -2.17. The Morgan fingerprint density at radius 3 is 2.08 bits per heavy atom. The predicted molar refractivity (Wildman–Crippen MR) is 143 cm³/mol. The van der Waals surface area contributed by atoms with Crippen molar-refractivity contribution in [2.45, 2.75) is 6.61 Å². The lowest BCUT2D eigenvalue weighted by atomic mass is 10.2. The molecule has 0 saturated carbocycles. The first-order valence-corrected chi connectivity index (χ1v) is 12.0. The van der Waals surface area contributed by atoms with Crippen LogP contribution in [0.5, 0.6) is 11.5 Å². The largest absolute Gasteiger partial charge is 0.489 e. The summed E-state index contributed by atoms with van der Waals surface area (Å²) in [5, 5.41) is 4.66. The Morgan fingerprint density at radius 2 is 1.42 bits per heavy atom. The van der Waals surface area contributed by atoms with E-state index in [1.165, 1.54) is 6.21 Å². The number of nitrogens with one attached hydrogen (secondary N) is 1. The number of carbonyl (C=O) groups excluding carboxylic acids is 2. The lowest BCUT2D eigenvalue weighted by molar-refractivity contribution is 0.0734. The van der Waals surface area contributed by atoms with Crippen LogP contribution in [0.2, 0.25) is 5.02 Å². The van der Waals surface area contributed by atoms with E-state index in [2.05, 4.69) is 26.5 Å². The molecule has 1 amide bonds. The third-order valence-electron chi connectivity index (χ3n) is 4.99. The normalized spacial score (nSPS) is 10.7. The van der Waals surface area contributed by atoms with Crippen LogP contribution in [-0.4, -0.2) is 18.1 Å². The highest BCUT2D eigenvalue weighted by atomic mass is 79.9. The van der Waals surface area contributed by atoms with Gasteiger partial charge in [-0.3, -0.25) is 4.79 Å². The van der Waals surface area contributed by atoms with Crippen LogP contribution in [0, 0.1) is 0 Å². The summed E-state index contributed by atoms with van der Waals surface area (Å²) in [6, 6.07) is 27.9. The Morgan fingerprint density at radius 1 is 0.806 bits per heavy atom. The minimum absolute atomic E-state index is 0.351. The summed E-state index contributed by atoms with van der Waals surface area (Å²) < 4.78 is 12.0. The number of hydrogen-bond donors (Lipinski definition) is 1. The number of halogens is 2. The number of hydrazone groups is 1. The number of carbonyl (C=O) groups is 2. The molecule has 6 nitrogen and oxygen atoms in total. The molecule has 180 valence electrons. The Bertz CT molecular complexity index is 1360. The predicted octanol–water partition coefficient (Wildman–Crippen LogP) is 6.66. The number of esters is 1. The first-order valence-electron chi connectivity index (χ1n) is 10.8. The summed E-state index contributed by atoms with van der Waals surface area (Å²) in [5.74, 6) is 0.251. The van der Waals surface area contributed by atoms with E-state index in [0.717, 1.165) is 15.6 Å². The fourth-order valence-electron chi connectivity index (χ4n) is 3.05. The van der Waals surface area contributed by atoms with Crippen LogP contribution >= 0.6 is 27.5 Å². The molecule has 0 aromatic heterocycles. The van der Waals surface area contributed by atoms with Gasteiger partial charge in [-0.25, -0.2) is 10.2 Å². The number of hydrogen-bond acceptors (Lipinski definition) is 5. The van der Waals surface area contributed by atoms with E-state index < -0.39 is 5.97 Å². The number of ether oxygens (including phenoxy) is 2. The van der Waals surface area contributed by atoms with Crippen molar-refractivity contribution in [2.24, 2.45) is 5.10 Å². The maximum Gasteiger partial charge on any atom is 0.343 e. The minimum atomic E-state index is -0.447. The summed E-state index contributed by atoms with van der Waals surface area (Å²) >= 11 is 9.22. The van der Waals surface area contributed by atoms with E-state index in [-0.39, 0.29) is 5.91 Å². The number of benzene rings is 4. The lowest BCUT2D eigenvalue weighted by Gasteiger charge is -2.07. The molecular formula is C28H20BrClN2O4. The summed E-state index contributed by atoms with van der Waals surface area (Å²) in [7, 11) is 0. The maximum atomic E-state index is 12.3. The van der Waals surface area contributed by atoms with Crippen molar-refractivity contribution >= 4 is 45.6 Å². The van der Waals surface area contributed by atoms with Gasteiger partial charge in [-0.05, 0) is 96.1 Å². The van der Waals surface area contributed by atoms with Crippen molar-refractivity contribution in [3.05, 3.63) is 129 Å². The van der Waals surface area contributed by atoms with Gasteiger partial charge in [0.05, 0.1) is 11.8 Å². The molecule has 0 radical (unpaired) electrons. The van der Waals surface area contributed by atoms with E-state index in [0.29, 0.717) is 34.3 Å². The molecule has 36 heavy (non-hydrogen) atoms. The van der Waals surface area contributed by atoms with Crippen molar-refractivity contribution in [3.8, 4) is 11.5 Å². The van der Waals surface area contributed by atoms with E-state index >= 15 is 0 Å². The fraction of sp³-hybridized carbons (Fsp3) is 0.0357. The van der Waals surface area contributed by atoms with Gasteiger partial charge in [-0.1, -0.05) is 39.7 Å². The molecule has 0 atom stereocenters. The van der Waals surface area contributed by atoms with Crippen LogP contribution in [0.1, 0.15) is 31.8 Å². The topological polar surface area (TPSA) is 77.0 Å². The van der Waals surface area contributed by atoms with Gasteiger partial charge in [0.15, 0.2) is 0 Å². The summed E-state index contributed by atoms with van der Waals surface area (Å²) in [5.41, 5.74) is 5.11. The highest BCUT2D eigenvalue weighted by molar-refractivity contribution is 9.10. The minimum Gasteiger partial charge on any atom is -0.489 e. The molecule has 0 bridgehead atoms. The number of rotatable bonds is 8. The van der Waals surface area contributed by atoms with Gasteiger partial charge >= 0.3 is 5.97 Å². The SMILES string of the molecule is O=C(NN=Cc1ccc(OC(=O)c2ccc(Br)cc2)cc1)c1ccc(OCc2ccc(Cl)cc2)cc1. The standard InChI is InChI=1S/C28H20BrClN2O4/c29-23-9-5-22(6-10-23)28(34)36-26-13-3-19(4-14-26)17-31-32-27(33)21-7-15-25(16-8-21)35-18-20-1-11-24(30)12-2-20/h1-17H,18H2,(H,32,33). The highest BCUT2D eigenvalue weighted by Crippen LogP contribution is 2.17. The monoisotopic (exact) mass is 562 g/mol. The van der Waals surface area contributed by atoms with Gasteiger partial charge in [0.1, 0.15) is 18.1 Å². The van der Waals surface area contributed by atoms with Gasteiger partial charge < -0.3 is 9.47 Å². The molecule has 4 aromatic rings. The van der Waals surface area contributed by atoms with Crippen LogP contribution in [0.3, 0.4) is 0 Å². The Balaban J connectivity index is 1.25. The summed E-state index contributed by atoms with van der Waals surface area (Å²) in [6.45, 7) is 0.398.